The van der Waals surface area contributed by atoms with Crippen LogP contribution < -0.4 is 0 Å². The van der Waals surface area contributed by atoms with Gasteiger partial charge in [0.2, 0.25) is 0 Å². The van der Waals surface area contributed by atoms with E-state index in [9.17, 15) is 9.90 Å². The minimum absolute atomic E-state index is 0.0276. The Morgan fingerprint density at radius 1 is 1.35 bits per heavy atom. The zero-order valence-electron chi connectivity index (χ0n) is 9.76. The Morgan fingerprint density at radius 2 is 2.06 bits per heavy atom. The zero-order chi connectivity index (χ0) is 12.8. The summed E-state index contributed by atoms with van der Waals surface area (Å²) in [7, 11) is 1.86. The molecule has 0 aliphatic carbocycles. The van der Waals surface area contributed by atoms with Gasteiger partial charge in [0, 0.05) is 24.6 Å². The van der Waals surface area contributed by atoms with Gasteiger partial charge in [0.25, 0.3) is 0 Å². The highest BCUT2D eigenvalue weighted by Crippen LogP contribution is 2.23. The van der Waals surface area contributed by atoms with Crippen molar-refractivity contribution in [3.8, 4) is 11.5 Å². The second-order valence-corrected chi connectivity index (χ2v) is 4.05. The topological polar surface area (TPSA) is 81.0 Å². The number of aromatic hydroxyl groups is 2. The van der Waals surface area contributed by atoms with E-state index in [2.05, 4.69) is 0 Å². The summed E-state index contributed by atoms with van der Waals surface area (Å²) in [5.41, 5.74) is 0.709. The van der Waals surface area contributed by atoms with Crippen LogP contribution in [0.5, 0.6) is 11.5 Å². The summed E-state index contributed by atoms with van der Waals surface area (Å²) < 4.78 is 0. The largest absolute Gasteiger partial charge is 0.508 e. The molecule has 5 heteroatoms. The molecule has 0 aliphatic rings. The van der Waals surface area contributed by atoms with E-state index in [0.29, 0.717) is 25.1 Å². The standard InChI is InChI=1S/C12H17NO4/c1-13(6-2-3-12(16)17)8-9-4-5-10(14)7-11(9)15/h4-5,7,14-15H,2-3,6,8H2,1H3,(H,16,17). The van der Waals surface area contributed by atoms with Gasteiger partial charge >= 0.3 is 5.97 Å². The molecule has 94 valence electrons. The number of aliphatic carboxylic acids is 1. The second-order valence-electron chi connectivity index (χ2n) is 4.05. The van der Waals surface area contributed by atoms with E-state index in [4.69, 9.17) is 10.2 Å². The van der Waals surface area contributed by atoms with Crippen molar-refractivity contribution in [1.29, 1.82) is 0 Å². The van der Waals surface area contributed by atoms with Crippen LogP contribution in [0.4, 0.5) is 0 Å². The van der Waals surface area contributed by atoms with Gasteiger partial charge in [0.05, 0.1) is 0 Å². The van der Waals surface area contributed by atoms with Crippen LogP contribution in [0.25, 0.3) is 0 Å². The van der Waals surface area contributed by atoms with Crippen LogP contribution in [-0.4, -0.2) is 39.8 Å². The molecule has 0 spiro atoms. The minimum atomic E-state index is -0.800. The monoisotopic (exact) mass is 239 g/mol. The second kappa shape index (κ2) is 6.10. The normalized spacial score (nSPS) is 10.7. The fourth-order valence-corrected chi connectivity index (χ4v) is 1.56. The van der Waals surface area contributed by atoms with Crippen LogP contribution in [0.2, 0.25) is 0 Å². The maximum atomic E-state index is 10.3. The summed E-state index contributed by atoms with van der Waals surface area (Å²) in [5, 5.41) is 27.2. The molecule has 17 heavy (non-hydrogen) atoms. The molecule has 0 fully saturated rings. The Labute approximate surface area is 99.9 Å². The molecule has 0 saturated heterocycles. The molecule has 1 aromatic carbocycles. The number of carboxylic acid groups (broad SMARTS) is 1. The average molecular weight is 239 g/mol. The molecule has 0 amide bonds. The first-order chi connectivity index (χ1) is 7.99. The molecular formula is C12H17NO4. The molecule has 0 heterocycles. The van der Waals surface area contributed by atoms with Gasteiger partial charge in [-0.2, -0.15) is 0 Å². The van der Waals surface area contributed by atoms with E-state index in [1.807, 2.05) is 11.9 Å². The summed E-state index contributed by atoms with van der Waals surface area (Å²) in [4.78, 5) is 12.3. The predicted molar refractivity (Wildman–Crippen MR) is 63.0 cm³/mol. The highest BCUT2D eigenvalue weighted by molar-refractivity contribution is 5.66. The van der Waals surface area contributed by atoms with Crippen LogP contribution >= 0.6 is 0 Å². The Kier molecular flexibility index (Phi) is 4.78. The van der Waals surface area contributed by atoms with E-state index in [-0.39, 0.29) is 17.9 Å². The van der Waals surface area contributed by atoms with E-state index in [1.165, 1.54) is 12.1 Å². The highest BCUT2D eigenvalue weighted by Gasteiger charge is 2.06. The first-order valence-corrected chi connectivity index (χ1v) is 5.40. The fraction of sp³-hybridized carbons (Fsp3) is 0.417. The van der Waals surface area contributed by atoms with Crippen LogP contribution in [0, 0.1) is 0 Å². The first-order valence-electron chi connectivity index (χ1n) is 5.40. The molecule has 1 rings (SSSR count). The molecule has 0 saturated carbocycles. The molecule has 0 radical (unpaired) electrons. The number of nitrogens with zero attached hydrogens (tertiary/aromatic N) is 1. The SMILES string of the molecule is CN(CCCC(=O)O)Cc1ccc(O)cc1O. The quantitative estimate of drug-likeness (QED) is 0.699. The number of benzene rings is 1. The van der Waals surface area contributed by atoms with E-state index < -0.39 is 5.97 Å². The molecule has 0 aromatic heterocycles. The molecule has 0 aliphatic heterocycles. The molecule has 1 aromatic rings. The highest BCUT2D eigenvalue weighted by atomic mass is 16.4. The predicted octanol–water partition coefficient (Wildman–Crippen LogP) is 1.39. The van der Waals surface area contributed by atoms with Crippen molar-refractivity contribution in [2.75, 3.05) is 13.6 Å². The van der Waals surface area contributed by atoms with Gasteiger partial charge in [-0.1, -0.05) is 6.07 Å². The number of hydrogen-bond acceptors (Lipinski definition) is 4. The maximum absolute atomic E-state index is 10.3. The lowest BCUT2D eigenvalue weighted by Gasteiger charge is -2.16. The summed E-state index contributed by atoms with van der Waals surface area (Å²) >= 11 is 0. The Hall–Kier alpha value is -1.75. The van der Waals surface area contributed by atoms with Crippen molar-refractivity contribution >= 4 is 5.97 Å². The number of carboxylic acids is 1. The number of hydrogen-bond donors (Lipinski definition) is 3. The first kappa shape index (κ1) is 13.3. The summed E-state index contributed by atoms with van der Waals surface area (Å²) in [6, 6.07) is 4.46. The maximum Gasteiger partial charge on any atom is 0.303 e. The van der Waals surface area contributed by atoms with Crippen molar-refractivity contribution in [1.82, 2.24) is 4.90 Å². The third-order valence-electron chi connectivity index (χ3n) is 2.44. The Morgan fingerprint density at radius 3 is 2.65 bits per heavy atom. The van der Waals surface area contributed by atoms with Gasteiger partial charge in [-0.3, -0.25) is 4.79 Å². The minimum Gasteiger partial charge on any atom is -0.508 e. The molecule has 0 bridgehead atoms. The van der Waals surface area contributed by atoms with Gasteiger partial charge in [-0.25, -0.2) is 0 Å². The molecule has 5 nitrogen and oxygen atoms in total. The lowest BCUT2D eigenvalue weighted by molar-refractivity contribution is -0.137. The summed E-state index contributed by atoms with van der Waals surface area (Å²) in [5.74, 6) is -0.722. The summed E-state index contributed by atoms with van der Waals surface area (Å²) in [6.45, 7) is 1.17. The van der Waals surface area contributed by atoms with Gasteiger partial charge in [-0.15, -0.1) is 0 Å². The van der Waals surface area contributed by atoms with Gasteiger partial charge in [-0.05, 0) is 26.1 Å². The summed E-state index contributed by atoms with van der Waals surface area (Å²) in [6.07, 6.45) is 0.719. The Bertz CT molecular complexity index is 392. The van der Waals surface area contributed by atoms with Crippen molar-refractivity contribution in [2.24, 2.45) is 0 Å². The number of rotatable bonds is 6. The lowest BCUT2D eigenvalue weighted by Crippen LogP contribution is -2.19. The Balaban J connectivity index is 2.44. The number of carbonyl (C=O) groups is 1. The number of phenols is 2. The van der Waals surface area contributed by atoms with E-state index in [1.54, 1.807) is 6.07 Å². The van der Waals surface area contributed by atoms with E-state index in [0.717, 1.165) is 0 Å². The van der Waals surface area contributed by atoms with Crippen molar-refractivity contribution in [3.05, 3.63) is 23.8 Å². The van der Waals surface area contributed by atoms with Gasteiger partial charge in [0.15, 0.2) is 0 Å². The van der Waals surface area contributed by atoms with Gasteiger partial charge in [0.1, 0.15) is 11.5 Å². The fourth-order valence-electron chi connectivity index (χ4n) is 1.56. The van der Waals surface area contributed by atoms with Crippen molar-refractivity contribution in [2.45, 2.75) is 19.4 Å². The van der Waals surface area contributed by atoms with Crippen molar-refractivity contribution < 1.29 is 20.1 Å². The average Bonchev–Trinajstić information content (AvgIpc) is 2.21. The molecule has 0 atom stereocenters. The smallest absolute Gasteiger partial charge is 0.303 e. The lowest BCUT2D eigenvalue weighted by atomic mass is 10.1. The van der Waals surface area contributed by atoms with Crippen LogP contribution in [0.15, 0.2) is 18.2 Å². The van der Waals surface area contributed by atoms with E-state index >= 15 is 0 Å². The zero-order valence-corrected chi connectivity index (χ0v) is 9.76. The van der Waals surface area contributed by atoms with Crippen LogP contribution in [-0.2, 0) is 11.3 Å². The van der Waals surface area contributed by atoms with Gasteiger partial charge < -0.3 is 20.2 Å². The van der Waals surface area contributed by atoms with Crippen molar-refractivity contribution in [3.63, 3.8) is 0 Å². The van der Waals surface area contributed by atoms with Crippen LogP contribution in [0.3, 0.4) is 0 Å². The number of phenolic OH excluding ortho intramolecular Hbond substituents is 2. The third kappa shape index (κ3) is 4.74. The van der Waals surface area contributed by atoms with Crippen LogP contribution in [0.1, 0.15) is 18.4 Å². The molecule has 3 N–H and O–H groups in total. The molecular weight excluding hydrogens is 222 g/mol. The third-order valence-corrected chi connectivity index (χ3v) is 2.44. The molecule has 0 unspecified atom stereocenters.